The van der Waals surface area contributed by atoms with Crippen molar-refractivity contribution in [3.8, 4) is 36.5 Å². The van der Waals surface area contributed by atoms with Gasteiger partial charge < -0.3 is 65.0 Å². The smallest absolute Gasteiger partial charge is 0.414 e. The van der Waals surface area contributed by atoms with Gasteiger partial charge in [0.1, 0.15) is 0 Å². The highest BCUT2D eigenvalue weighted by Gasteiger charge is 2.04. The fraction of sp³-hybridized carbons (Fsp3) is 0.357. The van der Waals surface area contributed by atoms with E-state index in [0.717, 1.165) is 0 Å². The molecule has 0 rings (SSSR count). The van der Waals surface area contributed by atoms with Gasteiger partial charge in [0.05, 0.1) is 0 Å². The van der Waals surface area contributed by atoms with E-state index in [2.05, 4.69) is 23.7 Å². The number of aliphatic carboxylic acids is 2. The quantitative estimate of drug-likeness (QED) is 0.257. The SMILES string of the molecule is C.C.C.C.C.C#CC#CC#C.O.O.O.O.O.O.O.O.O.O.O=C(O)C(=O)O.O=C=O. The Morgan fingerprint density at radius 3 is 0.633 bits per heavy atom. The Hall–Kier alpha value is -3.40. The Morgan fingerprint density at radius 2 is 0.600 bits per heavy atom. The van der Waals surface area contributed by atoms with Crippen molar-refractivity contribution in [2.24, 2.45) is 0 Å². The van der Waals surface area contributed by atoms with Gasteiger partial charge in [-0.3, -0.25) is 0 Å². The van der Waals surface area contributed by atoms with Gasteiger partial charge in [0.25, 0.3) is 0 Å². The molecule has 22 N–H and O–H groups in total. The first-order chi connectivity index (χ1) is 6.97. The predicted octanol–water partition coefficient (Wildman–Crippen LogP) is -6.24. The van der Waals surface area contributed by atoms with E-state index in [4.69, 9.17) is 42.2 Å². The molecule has 16 heteroatoms. The minimum Gasteiger partial charge on any atom is -0.473 e. The van der Waals surface area contributed by atoms with Crippen molar-refractivity contribution < 1.29 is 84.2 Å². The van der Waals surface area contributed by atoms with E-state index in [1.54, 1.807) is 0 Å². The van der Waals surface area contributed by atoms with Crippen LogP contribution in [0.5, 0.6) is 0 Å². The van der Waals surface area contributed by atoms with Crippen molar-refractivity contribution >= 4 is 18.1 Å². The molecular weight excluding hydrogens is 424 g/mol. The summed E-state index contributed by atoms with van der Waals surface area (Å²) in [5.74, 6) is 4.96. The monoisotopic (exact) mass is 468 g/mol. The number of hydrogen-bond acceptors (Lipinski definition) is 4. The van der Waals surface area contributed by atoms with Gasteiger partial charge in [-0.2, -0.15) is 9.59 Å². The van der Waals surface area contributed by atoms with Gasteiger partial charge in [0.2, 0.25) is 0 Å². The molecule has 0 aliphatic carbocycles. The normalized spacial score (nSPS) is 2.33. The number of terminal acetylenes is 2. The van der Waals surface area contributed by atoms with Crippen LogP contribution in [0, 0.1) is 36.5 Å². The van der Waals surface area contributed by atoms with Crippen molar-refractivity contribution in [3.05, 3.63) is 0 Å². The largest absolute Gasteiger partial charge is 0.473 e. The highest BCUT2D eigenvalue weighted by atomic mass is 16.4. The summed E-state index contributed by atoms with van der Waals surface area (Å²) in [6, 6.07) is 0. The maximum Gasteiger partial charge on any atom is 0.414 e. The van der Waals surface area contributed by atoms with Gasteiger partial charge in [-0.05, 0) is 23.7 Å². The van der Waals surface area contributed by atoms with E-state index in [1.165, 1.54) is 0 Å². The average molecular weight is 468 g/mol. The molecule has 0 aliphatic rings. The molecule has 0 radical (unpaired) electrons. The molecule has 0 saturated carbocycles. The van der Waals surface area contributed by atoms with Crippen LogP contribution in [-0.2, 0) is 19.2 Å². The maximum atomic E-state index is 9.10. The van der Waals surface area contributed by atoms with Crippen molar-refractivity contribution in [2.45, 2.75) is 37.1 Å². The Bertz CT molecular complexity index is 361. The Morgan fingerprint density at radius 1 is 0.500 bits per heavy atom. The summed E-state index contributed by atoms with van der Waals surface area (Å²) in [7, 11) is 0. The second kappa shape index (κ2) is 268. The molecule has 196 valence electrons. The molecule has 0 atom stereocenters. The Balaban J connectivity index is -0.00000000368. The van der Waals surface area contributed by atoms with Crippen molar-refractivity contribution in [2.75, 3.05) is 0 Å². The molecule has 30 heavy (non-hydrogen) atoms. The summed E-state index contributed by atoms with van der Waals surface area (Å²) in [6.07, 6.45) is 9.64. The summed E-state index contributed by atoms with van der Waals surface area (Å²) in [4.78, 5) is 34.4. The lowest BCUT2D eigenvalue weighted by Gasteiger charge is -1.72. The summed E-state index contributed by atoms with van der Waals surface area (Å²) in [6.45, 7) is 0. The molecule has 0 fully saturated rings. The molecule has 0 heterocycles. The van der Waals surface area contributed by atoms with E-state index >= 15 is 0 Å². The fourth-order valence-electron chi connectivity index (χ4n) is 0.0722. The highest BCUT2D eigenvalue weighted by molar-refractivity contribution is 6.27. The molecule has 0 spiro atoms. The number of carbonyl (C=O) groups is 2. The van der Waals surface area contributed by atoms with Crippen LogP contribution in [0.1, 0.15) is 37.1 Å². The van der Waals surface area contributed by atoms with E-state index < -0.39 is 11.9 Å². The Labute approximate surface area is 177 Å². The van der Waals surface area contributed by atoms with Crippen LogP contribution in [-0.4, -0.2) is 83.1 Å². The standard InChI is InChI=1S/C6H2.C2H2O4.CO2.5CH4.10H2O/c1-3-5-6-4-2;3-1(4)2(5)6;2-1-3;;;;;;;;;;;;;;;/h1-2H;(H,3,4)(H,5,6);;5*1H4;10*1H2. The van der Waals surface area contributed by atoms with Crippen molar-refractivity contribution in [1.29, 1.82) is 0 Å². The molecule has 0 aromatic carbocycles. The zero-order valence-corrected chi connectivity index (χ0v) is 12.2. The first kappa shape index (κ1) is 236. The topological polar surface area (TPSA) is 424 Å². The van der Waals surface area contributed by atoms with Gasteiger partial charge in [-0.1, -0.05) is 37.1 Å². The molecule has 0 aliphatic heterocycles. The van der Waals surface area contributed by atoms with E-state index in [1.807, 2.05) is 0 Å². The highest BCUT2D eigenvalue weighted by Crippen LogP contribution is 1.56. The number of carbonyl (C=O) groups excluding carboxylic acids is 2. The van der Waals surface area contributed by atoms with Crippen LogP contribution in [0.2, 0.25) is 0 Å². The third-order valence-corrected chi connectivity index (χ3v) is 0.390. The predicted molar refractivity (Wildman–Crippen MR) is 116 cm³/mol. The lowest BCUT2D eigenvalue weighted by atomic mass is 10.6. The molecule has 16 nitrogen and oxygen atoms in total. The molecular formula is C14H44O16. The van der Waals surface area contributed by atoms with Crippen LogP contribution in [0.15, 0.2) is 0 Å². The zero-order chi connectivity index (χ0) is 12.7. The van der Waals surface area contributed by atoms with Crippen LogP contribution in [0.3, 0.4) is 0 Å². The van der Waals surface area contributed by atoms with Crippen LogP contribution in [0.25, 0.3) is 0 Å². The second-order valence-electron chi connectivity index (χ2n) is 1.23. The first-order valence-corrected chi connectivity index (χ1v) is 2.84. The van der Waals surface area contributed by atoms with Gasteiger partial charge in [-0.15, -0.1) is 12.8 Å². The summed E-state index contributed by atoms with van der Waals surface area (Å²) in [5.41, 5.74) is 0. The number of hydrogen-bond donors (Lipinski definition) is 2. The minimum absolute atomic E-state index is 0. The third kappa shape index (κ3) is 1060. The van der Waals surface area contributed by atoms with E-state index in [-0.39, 0.29) is 98.0 Å². The molecule has 0 unspecified atom stereocenters. The Kier molecular flexibility index (Phi) is 2110. The number of carboxylic acids is 2. The minimum atomic E-state index is -1.82. The third-order valence-electron chi connectivity index (χ3n) is 0.390. The molecule has 0 aromatic heterocycles. The lowest BCUT2D eigenvalue weighted by molar-refractivity contribution is -0.191. The van der Waals surface area contributed by atoms with Crippen LogP contribution in [0.4, 0.5) is 0 Å². The van der Waals surface area contributed by atoms with Gasteiger partial charge in [-0.25, -0.2) is 9.59 Å². The molecule has 0 bridgehead atoms. The van der Waals surface area contributed by atoms with E-state index in [0.29, 0.717) is 0 Å². The lowest BCUT2D eigenvalue weighted by Crippen LogP contribution is -2.09. The molecule has 0 saturated heterocycles. The van der Waals surface area contributed by atoms with Gasteiger partial charge in [0, 0.05) is 0 Å². The zero-order valence-electron chi connectivity index (χ0n) is 12.2. The van der Waals surface area contributed by atoms with Crippen LogP contribution < -0.4 is 0 Å². The van der Waals surface area contributed by atoms with Gasteiger partial charge >= 0.3 is 18.1 Å². The summed E-state index contributed by atoms with van der Waals surface area (Å²) >= 11 is 0. The second-order valence-corrected chi connectivity index (χ2v) is 1.23. The molecule has 0 amide bonds. The average Bonchev–Trinajstić information content (AvgIpc) is 2.16. The molecule has 0 aromatic rings. The summed E-state index contributed by atoms with van der Waals surface area (Å²) in [5, 5.41) is 14.8. The van der Waals surface area contributed by atoms with E-state index in [9.17, 15) is 0 Å². The number of rotatable bonds is 0. The maximum absolute atomic E-state index is 9.10. The van der Waals surface area contributed by atoms with Crippen molar-refractivity contribution in [1.82, 2.24) is 0 Å². The first-order valence-electron chi connectivity index (χ1n) is 2.84. The van der Waals surface area contributed by atoms with Crippen molar-refractivity contribution in [3.63, 3.8) is 0 Å². The fourth-order valence-corrected chi connectivity index (χ4v) is 0.0722. The number of carboxylic acid groups (broad SMARTS) is 2. The summed E-state index contributed by atoms with van der Waals surface area (Å²) < 4.78 is 0. The van der Waals surface area contributed by atoms with Gasteiger partial charge in [0.15, 0.2) is 0 Å². The van der Waals surface area contributed by atoms with Crippen LogP contribution >= 0.6 is 0 Å².